The van der Waals surface area contributed by atoms with E-state index in [0.717, 1.165) is 5.56 Å². The number of hydrogen-bond acceptors (Lipinski definition) is 3. The van der Waals surface area contributed by atoms with Gasteiger partial charge in [0, 0.05) is 11.1 Å². The van der Waals surface area contributed by atoms with E-state index in [9.17, 15) is 14.4 Å². The van der Waals surface area contributed by atoms with Gasteiger partial charge in [-0.2, -0.15) is 0 Å². The number of ketones is 3. The van der Waals surface area contributed by atoms with Gasteiger partial charge in [-0.1, -0.05) is 54.6 Å². The first-order chi connectivity index (χ1) is 10.2. The molecule has 0 fully saturated rings. The van der Waals surface area contributed by atoms with E-state index < -0.39 is 5.92 Å². The molecule has 3 nitrogen and oxygen atoms in total. The summed E-state index contributed by atoms with van der Waals surface area (Å²) in [7, 11) is 0. The van der Waals surface area contributed by atoms with Crippen molar-refractivity contribution in [3.05, 3.63) is 71.3 Å². The predicted molar refractivity (Wildman–Crippen MR) is 78.4 cm³/mol. The molecule has 0 aliphatic heterocycles. The second-order valence-corrected chi connectivity index (χ2v) is 5.21. The topological polar surface area (TPSA) is 51.2 Å². The number of rotatable bonds is 4. The van der Waals surface area contributed by atoms with E-state index in [4.69, 9.17) is 0 Å². The minimum atomic E-state index is -0.699. The molecule has 104 valence electrons. The molecule has 0 heterocycles. The van der Waals surface area contributed by atoms with E-state index in [1.165, 1.54) is 0 Å². The molecule has 2 aromatic carbocycles. The van der Waals surface area contributed by atoms with Crippen molar-refractivity contribution in [1.82, 2.24) is 0 Å². The van der Waals surface area contributed by atoms with Crippen LogP contribution in [-0.2, 0) is 11.2 Å². The Kier molecular flexibility index (Phi) is 3.48. The Morgan fingerprint density at radius 3 is 2.33 bits per heavy atom. The minimum absolute atomic E-state index is 0.156. The van der Waals surface area contributed by atoms with Crippen molar-refractivity contribution in [1.29, 1.82) is 0 Å². The maximum absolute atomic E-state index is 12.3. The van der Waals surface area contributed by atoms with Crippen molar-refractivity contribution >= 4 is 17.3 Å². The molecule has 0 spiro atoms. The highest BCUT2D eigenvalue weighted by molar-refractivity contribution is 6.19. The molecule has 0 N–H and O–H groups in total. The monoisotopic (exact) mass is 278 g/mol. The summed E-state index contributed by atoms with van der Waals surface area (Å²) in [4.78, 5) is 36.5. The van der Waals surface area contributed by atoms with Gasteiger partial charge in [-0.3, -0.25) is 14.4 Å². The molecule has 0 saturated carbocycles. The molecule has 1 unspecified atom stereocenters. The number of benzene rings is 2. The highest BCUT2D eigenvalue weighted by Crippen LogP contribution is 2.28. The first-order valence-corrected chi connectivity index (χ1v) is 6.90. The largest absolute Gasteiger partial charge is 0.298 e. The normalized spacial score (nSPS) is 16.6. The Labute approximate surface area is 122 Å². The Balaban J connectivity index is 1.73. The van der Waals surface area contributed by atoms with Crippen LogP contribution in [0.3, 0.4) is 0 Å². The van der Waals surface area contributed by atoms with Gasteiger partial charge in [0.1, 0.15) is 0 Å². The van der Waals surface area contributed by atoms with Crippen LogP contribution in [0.25, 0.3) is 0 Å². The van der Waals surface area contributed by atoms with Gasteiger partial charge in [0.05, 0.1) is 12.3 Å². The fourth-order valence-corrected chi connectivity index (χ4v) is 2.71. The molecule has 0 radical (unpaired) electrons. The predicted octanol–water partition coefficient (Wildman–Crippen LogP) is 2.88. The molecule has 1 atom stereocenters. The number of carbonyl (C=O) groups excluding carboxylic acids is 3. The number of fused-ring (bicyclic) bond motifs is 1. The summed E-state index contributed by atoms with van der Waals surface area (Å²) in [6, 6.07) is 15.9. The van der Waals surface area contributed by atoms with E-state index in [0.29, 0.717) is 17.5 Å². The molecule has 21 heavy (non-hydrogen) atoms. The molecule has 2 aromatic rings. The van der Waals surface area contributed by atoms with Crippen LogP contribution in [0.4, 0.5) is 0 Å². The van der Waals surface area contributed by atoms with Crippen LogP contribution in [-0.4, -0.2) is 17.3 Å². The lowest BCUT2D eigenvalue weighted by molar-refractivity contribution is -0.120. The standard InChI is InChI=1S/C18H14O3/c19-16(12-6-2-1-3-7-12)11-17(20)15-10-13-8-4-5-9-14(13)18(15)21/h1-9,15H,10-11H2. The summed E-state index contributed by atoms with van der Waals surface area (Å²) in [6.45, 7) is 0. The van der Waals surface area contributed by atoms with Crippen molar-refractivity contribution in [3.63, 3.8) is 0 Å². The van der Waals surface area contributed by atoms with E-state index in [2.05, 4.69) is 0 Å². The van der Waals surface area contributed by atoms with Crippen LogP contribution < -0.4 is 0 Å². The lowest BCUT2D eigenvalue weighted by Crippen LogP contribution is -2.23. The maximum atomic E-state index is 12.3. The van der Waals surface area contributed by atoms with Gasteiger partial charge in [0.2, 0.25) is 0 Å². The van der Waals surface area contributed by atoms with Gasteiger partial charge in [-0.25, -0.2) is 0 Å². The maximum Gasteiger partial charge on any atom is 0.173 e. The average Bonchev–Trinajstić information content (AvgIpc) is 2.86. The summed E-state index contributed by atoms with van der Waals surface area (Å²) in [5, 5.41) is 0. The second-order valence-electron chi connectivity index (χ2n) is 5.21. The Morgan fingerprint density at radius 1 is 0.952 bits per heavy atom. The fraction of sp³-hybridized carbons (Fsp3) is 0.167. The van der Waals surface area contributed by atoms with Gasteiger partial charge in [0.25, 0.3) is 0 Å². The molecule has 3 rings (SSSR count). The molecule has 1 aliphatic rings. The zero-order valence-corrected chi connectivity index (χ0v) is 11.4. The van der Waals surface area contributed by atoms with Crippen molar-refractivity contribution in [2.75, 3.05) is 0 Å². The second kappa shape index (κ2) is 5.44. The van der Waals surface area contributed by atoms with Gasteiger partial charge >= 0.3 is 0 Å². The molecule has 3 heteroatoms. The van der Waals surface area contributed by atoms with Crippen LogP contribution in [0, 0.1) is 5.92 Å². The first-order valence-electron chi connectivity index (χ1n) is 6.90. The number of hydrogen-bond donors (Lipinski definition) is 0. The number of Topliss-reactive ketones (excluding diaryl/α,β-unsaturated/α-hetero) is 3. The summed E-state index contributed by atoms with van der Waals surface area (Å²) in [5.74, 6) is -1.37. The molecule has 0 amide bonds. The van der Waals surface area contributed by atoms with Gasteiger partial charge in [-0.05, 0) is 12.0 Å². The van der Waals surface area contributed by atoms with Crippen LogP contribution in [0.2, 0.25) is 0 Å². The third kappa shape index (κ3) is 2.55. The molecule has 1 aliphatic carbocycles. The zero-order chi connectivity index (χ0) is 14.8. The van der Waals surface area contributed by atoms with Crippen molar-refractivity contribution in [3.8, 4) is 0 Å². The van der Waals surface area contributed by atoms with Gasteiger partial charge in [0.15, 0.2) is 17.3 Å². The highest BCUT2D eigenvalue weighted by atomic mass is 16.2. The van der Waals surface area contributed by atoms with Crippen molar-refractivity contribution in [2.45, 2.75) is 12.8 Å². The quantitative estimate of drug-likeness (QED) is 0.638. The lowest BCUT2D eigenvalue weighted by Gasteiger charge is -2.06. The van der Waals surface area contributed by atoms with Crippen LogP contribution >= 0.6 is 0 Å². The Hall–Kier alpha value is -2.55. The molecular weight excluding hydrogens is 264 g/mol. The summed E-state index contributed by atoms with van der Waals surface area (Å²) in [6.07, 6.45) is 0.199. The molecule has 0 saturated heterocycles. The molecule has 0 aromatic heterocycles. The highest BCUT2D eigenvalue weighted by Gasteiger charge is 2.35. The van der Waals surface area contributed by atoms with Crippen molar-refractivity contribution < 1.29 is 14.4 Å². The third-order valence-electron chi connectivity index (χ3n) is 3.84. The van der Waals surface area contributed by atoms with E-state index >= 15 is 0 Å². The minimum Gasteiger partial charge on any atom is -0.298 e. The SMILES string of the molecule is O=C(CC(=O)C1Cc2ccccc2C1=O)c1ccccc1. The molecule has 0 bridgehead atoms. The first kappa shape index (κ1) is 13.4. The van der Waals surface area contributed by atoms with Crippen LogP contribution in [0.5, 0.6) is 0 Å². The number of carbonyl (C=O) groups is 3. The van der Waals surface area contributed by atoms with Crippen LogP contribution in [0.1, 0.15) is 32.7 Å². The van der Waals surface area contributed by atoms with Gasteiger partial charge < -0.3 is 0 Å². The summed E-state index contributed by atoms with van der Waals surface area (Å²) in [5.41, 5.74) is 2.02. The average molecular weight is 278 g/mol. The zero-order valence-electron chi connectivity index (χ0n) is 11.4. The Bertz CT molecular complexity index is 716. The van der Waals surface area contributed by atoms with Crippen LogP contribution in [0.15, 0.2) is 54.6 Å². The van der Waals surface area contributed by atoms with E-state index in [1.54, 1.807) is 36.4 Å². The fourth-order valence-electron chi connectivity index (χ4n) is 2.71. The smallest absolute Gasteiger partial charge is 0.173 e. The van der Waals surface area contributed by atoms with Crippen molar-refractivity contribution in [2.24, 2.45) is 5.92 Å². The summed E-state index contributed by atoms with van der Waals surface area (Å²) >= 11 is 0. The third-order valence-corrected chi connectivity index (χ3v) is 3.84. The lowest BCUT2D eigenvalue weighted by atomic mass is 9.94. The molecular formula is C18H14O3. The Morgan fingerprint density at radius 2 is 1.62 bits per heavy atom. The van der Waals surface area contributed by atoms with Gasteiger partial charge in [-0.15, -0.1) is 0 Å². The van der Waals surface area contributed by atoms with E-state index in [-0.39, 0.29) is 23.8 Å². The van der Waals surface area contributed by atoms with E-state index in [1.807, 2.05) is 18.2 Å². The summed E-state index contributed by atoms with van der Waals surface area (Å²) < 4.78 is 0.